The third kappa shape index (κ3) is 9.73. The Morgan fingerprint density at radius 3 is 2.05 bits per heavy atom. The van der Waals surface area contributed by atoms with E-state index in [1.165, 1.54) is 0 Å². The van der Waals surface area contributed by atoms with Gasteiger partial charge in [-0.1, -0.05) is 11.8 Å². The maximum atomic E-state index is 11.6. The van der Waals surface area contributed by atoms with E-state index in [1.807, 2.05) is 20.8 Å². The molecule has 1 heterocycles. The van der Waals surface area contributed by atoms with E-state index in [4.69, 9.17) is 23.3 Å². The molecule has 0 aliphatic carbocycles. The van der Waals surface area contributed by atoms with Crippen LogP contribution in [0.15, 0.2) is 4.99 Å². The van der Waals surface area contributed by atoms with Gasteiger partial charge in [-0.15, -0.1) is 0 Å². The van der Waals surface area contributed by atoms with Gasteiger partial charge in [-0.25, -0.2) is 0 Å². The second-order valence-electron chi connectivity index (χ2n) is 5.06. The maximum absolute atomic E-state index is 11.6. The van der Waals surface area contributed by atoms with Gasteiger partial charge in [-0.3, -0.25) is 13.9 Å². The molecule has 1 atom stereocenters. The van der Waals surface area contributed by atoms with Crippen molar-refractivity contribution < 1.29 is 32.9 Å². The predicted molar refractivity (Wildman–Crippen MR) is 79.6 cm³/mol. The summed E-state index contributed by atoms with van der Waals surface area (Å²) >= 11 is 1.13. The number of hydrogen-bond acceptors (Lipinski definition) is 7. The molecule has 0 aromatic carbocycles. The first-order valence-corrected chi connectivity index (χ1v) is 7.64. The highest BCUT2D eigenvalue weighted by Gasteiger charge is 2.44. The Balaban J connectivity index is 0. The smallest absolute Gasteiger partial charge is 0.394 e. The Labute approximate surface area is 127 Å². The molecular weight excluding hydrogens is 326 g/mol. The molecule has 0 saturated carbocycles. The number of thioether (sulfide) groups is 1. The van der Waals surface area contributed by atoms with Crippen LogP contribution in [0.2, 0.25) is 0 Å². The highest BCUT2D eigenvalue weighted by molar-refractivity contribution is 8.16. The van der Waals surface area contributed by atoms with E-state index in [-0.39, 0.29) is 28.7 Å². The molecule has 8 N–H and O–H groups in total. The van der Waals surface area contributed by atoms with Gasteiger partial charge in [0.05, 0.1) is 6.61 Å². The molecule has 12 heteroatoms. The zero-order valence-corrected chi connectivity index (χ0v) is 13.5. The van der Waals surface area contributed by atoms with Gasteiger partial charge >= 0.3 is 10.4 Å². The highest BCUT2D eigenvalue weighted by atomic mass is 32.3. The summed E-state index contributed by atoms with van der Waals surface area (Å²) in [5.41, 5.74) is 5.36. The molecule has 21 heavy (non-hydrogen) atoms. The molecule has 0 fully saturated rings. The number of nitrogens with one attached hydrogen (secondary N) is 1. The molecule has 0 bridgehead atoms. The zero-order valence-electron chi connectivity index (χ0n) is 11.8. The van der Waals surface area contributed by atoms with Gasteiger partial charge < -0.3 is 21.6 Å². The van der Waals surface area contributed by atoms with Crippen LogP contribution in [-0.4, -0.2) is 62.6 Å². The largest absolute Gasteiger partial charge is 0.412 e. The van der Waals surface area contributed by atoms with Crippen LogP contribution in [0.4, 0.5) is 0 Å². The lowest BCUT2D eigenvalue weighted by Crippen LogP contribution is -2.50. The van der Waals surface area contributed by atoms with Crippen molar-refractivity contribution in [2.24, 2.45) is 10.7 Å². The molecule has 126 valence electrons. The number of aliphatic imine (C=N–C) groups is 1. The number of rotatable bonds is 3. The van der Waals surface area contributed by atoms with Gasteiger partial charge in [0, 0.05) is 12.1 Å². The molecule has 1 aliphatic rings. The predicted octanol–water partition coefficient (Wildman–Crippen LogP) is -1.78. The van der Waals surface area contributed by atoms with Gasteiger partial charge in [0.1, 0.15) is 4.75 Å². The van der Waals surface area contributed by atoms with Crippen LogP contribution in [-0.2, 0) is 15.2 Å². The molecular formula is C9H21N3O7S2. The van der Waals surface area contributed by atoms with Gasteiger partial charge in [-0.2, -0.15) is 13.4 Å². The molecule has 10 nitrogen and oxygen atoms in total. The summed E-state index contributed by atoms with van der Waals surface area (Å²) in [5, 5.41) is 12.7. The van der Waals surface area contributed by atoms with Crippen molar-refractivity contribution in [3.05, 3.63) is 0 Å². The first-order valence-electron chi connectivity index (χ1n) is 5.42. The molecule has 1 aliphatic heterocycles. The summed E-state index contributed by atoms with van der Waals surface area (Å²) in [5.74, 6) is -0.357. The number of nitrogens with zero attached hydrogens (tertiary/aromatic N) is 1. The van der Waals surface area contributed by atoms with Crippen LogP contribution in [0.1, 0.15) is 20.8 Å². The third-order valence-corrected chi connectivity index (χ3v) is 3.20. The summed E-state index contributed by atoms with van der Waals surface area (Å²) in [7, 11) is -4.67. The highest BCUT2D eigenvalue weighted by Crippen LogP contribution is 2.32. The van der Waals surface area contributed by atoms with Crippen molar-refractivity contribution in [3.8, 4) is 0 Å². The first-order chi connectivity index (χ1) is 8.79. The summed E-state index contributed by atoms with van der Waals surface area (Å²) in [6, 6.07) is 0. The van der Waals surface area contributed by atoms with Crippen LogP contribution < -0.4 is 11.1 Å². The van der Waals surface area contributed by atoms with Crippen molar-refractivity contribution in [2.45, 2.75) is 31.1 Å². The van der Waals surface area contributed by atoms with Crippen molar-refractivity contribution >= 4 is 33.2 Å². The number of carbonyl (C=O) groups excluding carboxylic acids is 1. The lowest BCUT2D eigenvalue weighted by Gasteiger charge is -2.28. The van der Waals surface area contributed by atoms with E-state index in [2.05, 4.69) is 10.3 Å². The number of hydrogen-bond donors (Lipinski definition) is 5. The number of carbonyl (C=O) groups is 1. The van der Waals surface area contributed by atoms with Crippen molar-refractivity contribution in [3.63, 3.8) is 0 Å². The molecule has 0 saturated heterocycles. The molecule has 0 spiro atoms. The first kappa shape index (κ1) is 22.5. The van der Waals surface area contributed by atoms with Gasteiger partial charge in [0.15, 0.2) is 5.17 Å². The summed E-state index contributed by atoms with van der Waals surface area (Å²) in [6.45, 7) is 6.08. The molecule has 1 rings (SSSR count). The monoisotopic (exact) mass is 347 g/mol. The zero-order chi connectivity index (χ0) is 16.2. The second-order valence-corrected chi connectivity index (χ2v) is 7.36. The fourth-order valence-corrected chi connectivity index (χ4v) is 2.01. The Hall–Kier alpha value is -0.760. The van der Waals surface area contributed by atoms with Gasteiger partial charge in [-0.05, 0) is 20.8 Å². The SMILES string of the molecule is CC(C)(C)NCC1(CO)SC(N)=NC1=O.O.O=S(=O)(O)O. The van der Waals surface area contributed by atoms with E-state index < -0.39 is 15.1 Å². The van der Waals surface area contributed by atoms with Crippen molar-refractivity contribution in [1.82, 2.24) is 5.32 Å². The minimum Gasteiger partial charge on any atom is -0.412 e. The minimum absolute atomic E-state index is 0. The Kier molecular flexibility index (Phi) is 8.61. The minimum atomic E-state index is -4.67. The quantitative estimate of drug-likeness (QED) is 0.366. The lowest BCUT2D eigenvalue weighted by molar-refractivity contribution is -0.120. The number of aliphatic hydroxyl groups excluding tert-OH is 1. The Morgan fingerprint density at radius 1 is 1.38 bits per heavy atom. The van der Waals surface area contributed by atoms with Crippen LogP contribution in [0.5, 0.6) is 0 Å². The van der Waals surface area contributed by atoms with E-state index in [9.17, 15) is 9.90 Å². The molecule has 1 amide bonds. The number of nitrogens with two attached hydrogens (primary N) is 1. The molecule has 0 aromatic rings. The van der Waals surface area contributed by atoms with Crippen LogP contribution in [0.3, 0.4) is 0 Å². The second kappa shape index (κ2) is 8.03. The van der Waals surface area contributed by atoms with Crippen molar-refractivity contribution in [2.75, 3.05) is 13.2 Å². The maximum Gasteiger partial charge on any atom is 0.394 e. The van der Waals surface area contributed by atoms with Crippen LogP contribution >= 0.6 is 11.8 Å². The standard InChI is InChI=1S/C9H17N3O2S.H2O4S.H2O/c1-8(2,3)11-4-9(5-13)6(14)12-7(10)15-9;1-5(2,3)4;/h11,13H,4-5H2,1-3H3,(H2,10,12,14);(H2,1,2,3,4);1H2. The molecule has 1 unspecified atom stereocenters. The fourth-order valence-electron chi connectivity index (χ4n) is 1.14. The summed E-state index contributed by atoms with van der Waals surface area (Å²) in [4.78, 5) is 15.2. The fraction of sp³-hybridized carbons (Fsp3) is 0.778. The average Bonchev–Trinajstić information content (AvgIpc) is 2.48. The van der Waals surface area contributed by atoms with E-state index in [0.29, 0.717) is 6.54 Å². The molecule has 0 aromatic heterocycles. The van der Waals surface area contributed by atoms with Crippen LogP contribution in [0, 0.1) is 0 Å². The van der Waals surface area contributed by atoms with E-state index in [1.54, 1.807) is 0 Å². The summed E-state index contributed by atoms with van der Waals surface area (Å²) < 4.78 is 30.7. The number of aliphatic hydroxyl groups is 1. The Bertz CT molecular complexity index is 478. The molecule has 0 radical (unpaired) electrons. The average molecular weight is 347 g/mol. The van der Waals surface area contributed by atoms with Crippen molar-refractivity contribution in [1.29, 1.82) is 0 Å². The summed E-state index contributed by atoms with van der Waals surface area (Å²) in [6.07, 6.45) is 0. The van der Waals surface area contributed by atoms with Gasteiger partial charge in [0.25, 0.3) is 5.91 Å². The Morgan fingerprint density at radius 2 is 1.81 bits per heavy atom. The number of amides is 1. The lowest BCUT2D eigenvalue weighted by atomic mass is 10.1. The van der Waals surface area contributed by atoms with Gasteiger partial charge in [0.2, 0.25) is 0 Å². The van der Waals surface area contributed by atoms with E-state index in [0.717, 1.165) is 11.8 Å². The topological polar surface area (TPSA) is 194 Å². The van der Waals surface area contributed by atoms with Crippen LogP contribution in [0.25, 0.3) is 0 Å². The third-order valence-electron chi connectivity index (χ3n) is 2.06. The normalized spacial score (nSPS) is 22.0. The number of amidine groups is 1. The van der Waals surface area contributed by atoms with E-state index >= 15 is 0 Å².